The summed E-state index contributed by atoms with van der Waals surface area (Å²) in [6, 6.07) is 10.3. The molecule has 9 heteroatoms. The Morgan fingerprint density at radius 3 is 2.64 bits per heavy atom. The third-order valence-electron chi connectivity index (χ3n) is 3.75. The summed E-state index contributed by atoms with van der Waals surface area (Å²) in [7, 11) is 0. The Balaban J connectivity index is 2.03. The number of nitrogens with zero attached hydrogens (tertiary/aromatic N) is 1. The lowest BCUT2D eigenvalue weighted by Crippen LogP contribution is -2.34. The number of phenols is 1. The van der Waals surface area contributed by atoms with Crippen molar-refractivity contribution in [1.82, 2.24) is 5.32 Å². The molecule has 2 aromatic rings. The van der Waals surface area contributed by atoms with Gasteiger partial charge in [0, 0.05) is 6.07 Å². The summed E-state index contributed by atoms with van der Waals surface area (Å²) in [4.78, 5) is 22.6. The summed E-state index contributed by atoms with van der Waals surface area (Å²) in [6.07, 6.45) is 0.856. The first-order chi connectivity index (χ1) is 13.3. The summed E-state index contributed by atoms with van der Waals surface area (Å²) < 4.78 is 5.70. The van der Waals surface area contributed by atoms with Gasteiger partial charge in [-0.3, -0.25) is 20.2 Å². The van der Waals surface area contributed by atoms with E-state index >= 15 is 0 Å². The second-order valence-electron chi connectivity index (χ2n) is 6.39. The minimum absolute atomic E-state index is 0.0638. The van der Waals surface area contributed by atoms with Crippen LogP contribution in [0.3, 0.4) is 0 Å². The number of nitro benzene ring substituents is 1. The molecule has 0 bridgehead atoms. The molecule has 2 rings (SSSR count). The van der Waals surface area contributed by atoms with Crippen LogP contribution in [0.25, 0.3) is 0 Å². The third-order valence-corrected chi connectivity index (χ3v) is 3.96. The molecule has 8 nitrogen and oxygen atoms in total. The van der Waals surface area contributed by atoms with Crippen molar-refractivity contribution >= 4 is 34.6 Å². The van der Waals surface area contributed by atoms with Crippen molar-refractivity contribution in [3.05, 3.63) is 58.1 Å². The van der Waals surface area contributed by atoms with Crippen LogP contribution in [0.5, 0.6) is 11.5 Å². The number of carbonyl (C=O) groups excluding carboxylic acids is 1. The molecule has 0 saturated heterocycles. The number of amides is 1. The molecule has 0 unspecified atom stereocenters. The first-order valence-electron chi connectivity index (χ1n) is 8.59. The number of carbonyl (C=O) groups is 1. The van der Waals surface area contributed by atoms with Crippen LogP contribution in [0.4, 0.5) is 11.4 Å². The lowest BCUT2D eigenvalue weighted by Gasteiger charge is -2.14. The number of ether oxygens (including phenoxy) is 1. The maximum Gasteiger partial charge on any atom is 0.273 e. The fourth-order valence-electron chi connectivity index (χ4n) is 2.25. The highest BCUT2D eigenvalue weighted by atomic mass is 32.1. The summed E-state index contributed by atoms with van der Waals surface area (Å²) in [6.45, 7) is 4.65. The lowest BCUT2D eigenvalue weighted by molar-refractivity contribution is -0.384. The number of rotatable bonds is 7. The Bertz CT molecular complexity index is 886. The summed E-state index contributed by atoms with van der Waals surface area (Å²) in [5.41, 5.74) is 0.200. The van der Waals surface area contributed by atoms with Gasteiger partial charge < -0.3 is 15.2 Å². The number of hydrogen-bond donors (Lipinski definition) is 3. The van der Waals surface area contributed by atoms with E-state index in [0.29, 0.717) is 23.8 Å². The quantitative estimate of drug-likeness (QED) is 0.278. The summed E-state index contributed by atoms with van der Waals surface area (Å²) in [5, 5.41) is 25.7. The van der Waals surface area contributed by atoms with E-state index in [1.165, 1.54) is 12.1 Å². The number of phenolic OH excluding ortho intramolecular Hbond substituents is 1. The fourth-order valence-corrected chi connectivity index (χ4v) is 2.45. The second kappa shape index (κ2) is 9.65. The molecular weight excluding hydrogens is 382 g/mol. The van der Waals surface area contributed by atoms with E-state index in [-0.39, 0.29) is 22.2 Å². The number of thiocarbonyl (C=S) groups is 1. The van der Waals surface area contributed by atoms with Gasteiger partial charge in [-0.1, -0.05) is 26.0 Å². The van der Waals surface area contributed by atoms with Crippen molar-refractivity contribution in [2.45, 2.75) is 20.3 Å². The number of non-ortho nitro benzene ring substituents is 1. The monoisotopic (exact) mass is 403 g/mol. The van der Waals surface area contributed by atoms with E-state index in [1.54, 1.807) is 24.3 Å². The number of nitro groups is 1. The zero-order chi connectivity index (χ0) is 20.7. The Kier molecular flexibility index (Phi) is 7.28. The van der Waals surface area contributed by atoms with Crippen LogP contribution in [-0.2, 0) is 0 Å². The van der Waals surface area contributed by atoms with Crippen LogP contribution < -0.4 is 15.4 Å². The SMILES string of the molecule is CC(C)CCOc1ccccc1C(=O)NC(=S)Nc1ccc([N+](=O)[O-])cc1O. The number of aromatic hydroxyl groups is 1. The molecule has 28 heavy (non-hydrogen) atoms. The van der Waals surface area contributed by atoms with Crippen LogP contribution >= 0.6 is 12.2 Å². The third kappa shape index (κ3) is 5.92. The van der Waals surface area contributed by atoms with Crippen LogP contribution in [-0.4, -0.2) is 27.7 Å². The summed E-state index contributed by atoms with van der Waals surface area (Å²) >= 11 is 5.09. The molecule has 0 atom stereocenters. The maximum absolute atomic E-state index is 12.5. The number of hydrogen-bond acceptors (Lipinski definition) is 6. The smallest absolute Gasteiger partial charge is 0.273 e. The van der Waals surface area contributed by atoms with E-state index < -0.39 is 10.8 Å². The van der Waals surface area contributed by atoms with Gasteiger partial charge in [-0.2, -0.15) is 0 Å². The zero-order valence-electron chi connectivity index (χ0n) is 15.5. The van der Waals surface area contributed by atoms with E-state index in [2.05, 4.69) is 24.5 Å². The maximum atomic E-state index is 12.5. The first kappa shape index (κ1) is 21.1. The van der Waals surface area contributed by atoms with Gasteiger partial charge in [0.2, 0.25) is 0 Å². The van der Waals surface area contributed by atoms with Crippen molar-refractivity contribution < 1.29 is 19.6 Å². The van der Waals surface area contributed by atoms with Crippen molar-refractivity contribution in [1.29, 1.82) is 0 Å². The molecule has 0 spiro atoms. The van der Waals surface area contributed by atoms with Crippen molar-refractivity contribution in [2.24, 2.45) is 5.92 Å². The molecule has 1 amide bonds. The molecule has 0 aliphatic rings. The Labute approximate surface area is 167 Å². The highest BCUT2D eigenvalue weighted by Gasteiger charge is 2.15. The summed E-state index contributed by atoms with van der Waals surface area (Å²) in [5.74, 6) is 0.0936. The second-order valence-corrected chi connectivity index (χ2v) is 6.80. The molecule has 0 saturated carbocycles. The highest BCUT2D eigenvalue weighted by molar-refractivity contribution is 7.80. The Morgan fingerprint density at radius 2 is 2.00 bits per heavy atom. The van der Waals surface area contributed by atoms with E-state index in [1.807, 2.05) is 0 Å². The molecular formula is C19H21N3O5S. The molecule has 0 aliphatic carbocycles. The number of anilines is 1. The lowest BCUT2D eigenvalue weighted by atomic mass is 10.1. The van der Waals surface area contributed by atoms with Gasteiger partial charge in [-0.25, -0.2) is 0 Å². The highest BCUT2D eigenvalue weighted by Crippen LogP contribution is 2.27. The molecule has 148 valence electrons. The van der Waals surface area contributed by atoms with Crippen LogP contribution in [0.15, 0.2) is 42.5 Å². The zero-order valence-corrected chi connectivity index (χ0v) is 16.3. The predicted molar refractivity (Wildman–Crippen MR) is 110 cm³/mol. The average molecular weight is 403 g/mol. The van der Waals surface area contributed by atoms with Crippen LogP contribution in [0.1, 0.15) is 30.6 Å². The van der Waals surface area contributed by atoms with Crippen molar-refractivity contribution in [3.8, 4) is 11.5 Å². The topological polar surface area (TPSA) is 114 Å². The van der Waals surface area contributed by atoms with E-state index in [4.69, 9.17) is 17.0 Å². The molecule has 0 heterocycles. The van der Waals surface area contributed by atoms with Gasteiger partial charge in [-0.05, 0) is 42.8 Å². The van der Waals surface area contributed by atoms with Gasteiger partial charge in [0.15, 0.2) is 5.11 Å². The van der Waals surface area contributed by atoms with Crippen LogP contribution in [0.2, 0.25) is 0 Å². The first-order valence-corrected chi connectivity index (χ1v) is 9.00. The van der Waals surface area contributed by atoms with Gasteiger partial charge in [0.25, 0.3) is 11.6 Å². The van der Waals surface area contributed by atoms with E-state index in [0.717, 1.165) is 12.5 Å². The number of benzene rings is 2. The van der Waals surface area contributed by atoms with Gasteiger partial charge in [-0.15, -0.1) is 0 Å². The minimum atomic E-state index is -0.625. The van der Waals surface area contributed by atoms with Crippen LogP contribution in [0, 0.1) is 16.0 Å². The fraction of sp³-hybridized carbons (Fsp3) is 0.263. The average Bonchev–Trinajstić information content (AvgIpc) is 2.63. The van der Waals surface area contributed by atoms with Crippen molar-refractivity contribution in [2.75, 3.05) is 11.9 Å². The van der Waals surface area contributed by atoms with Gasteiger partial charge >= 0.3 is 0 Å². The Hall–Kier alpha value is -3.20. The van der Waals surface area contributed by atoms with E-state index in [9.17, 15) is 20.0 Å². The predicted octanol–water partition coefficient (Wildman–Crippen LogP) is 3.85. The molecule has 3 N–H and O–H groups in total. The van der Waals surface area contributed by atoms with Gasteiger partial charge in [0.05, 0.1) is 28.8 Å². The van der Waals surface area contributed by atoms with Gasteiger partial charge in [0.1, 0.15) is 11.5 Å². The molecule has 0 radical (unpaired) electrons. The standard InChI is InChI=1S/C19H21N3O5S/c1-12(2)9-10-27-17-6-4-3-5-14(17)18(24)21-19(28)20-15-8-7-13(22(25)26)11-16(15)23/h3-8,11-12,23H,9-10H2,1-2H3,(H2,20,21,24,28). The normalized spacial score (nSPS) is 10.4. The minimum Gasteiger partial charge on any atom is -0.506 e. The molecule has 2 aromatic carbocycles. The largest absolute Gasteiger partial charge is 0.506 e. The molecule has 0 aliphatic heterocycles. The molecule has 0 aromatic heterocycles. The number of nitrogens with one attached hydrogen (secondary N) is 2. The Morgan fingerprint density at radius 1 is 1.29 bits per heavy atom. The molecule has 0 fully saturated rings. The van der Waals surface area contributed by atoms with Crippen molar-refractivity contribution in [3.63, 3.8) is 0 Å². The number of para-hydroxylation sites is 1.